The smallest absolute Gasteiger partial charge is 0.134 e. The van der Waals surface area contributed by atoms with E-state index < -0.39 is 6.17 Å². The molecule has 1 aromatic heterocycles. The van der Waals surface area contributed by atoms with Crippen molar-refractivity contribution >= 4 is 11.3 Å². The van der Waals surface area contributed by atoms with E-state index in [9.17, 15) is 4.39 Å². The molecule has 1 aliphatic carbocycles. The highest BCUT2D eigenvalue weighted by Gasteiger charge is 2.19. The van der Waals surface area contributed by atoms with Crippen LogP contribution in [0.1, 0.15) is 40.8 Å². The van der Waals surface area contributed by atoms with Crippen LogP contribution in [0.4, 0.5) is 4.39 Å². The number of aryl methyl sites for hydroxylation is 2. The van der Waals surface area contributed by atoms with Crippen LogP contribution in [-0.4, -0.2) is 0 Å². The van der Waals surface area contributed by atoms with E-state index in [2.05, 4.69) is 13.0 Å². The molecule has 66 valence electrons. The number of fused-ring (bicyclic) bond motifs is 1. The maximum absolute atomic E-state index is 13.5. The van der Waals surface area contributed by atoms with Gasteiger partial charge in [0.25, 0.3) is 0 Å². The molecule has 12 heavy (non-hydrogen) atoms. The number of rotatable bonds is 0. The van der Waals surface area contributed by atoms with Gasteiger partial charge in [0, 0.05) is 9.75 Å². The highest BCUT2D eigenvalue weighted by molar-refractivity contribution is 7.12. The zero-order chi connectivity index (χ0) is 8.55. The third kappa shape index (κ3) is 1.40. The standard InChI is InChI=1S/C10H13FS/c1-7-6-8-4-2-3-5-9(11)10(8)12-7/h6,9H,2-5H2,1H3. The maximum atomic E-state index is 13.5. The third-order valence-corrected chi connectivity index (χ3v) is 3.58. The minimum absolute atomic E-state index is 0.679. The molecule has 1 aliphatic rings. The van der Waals surface area contributed by atoms with Crippen LogP contribution in [0.15, 0.2) is 6.07 Å². The summed E-state index contributed by atoms with van der Waals surface area (Å²) < 4.78 is 13.5. The molecule has 1 unspecified atom stereocenters. The van der Waals surface area contributed by atoms with E-state index >= 15 is 0 Å². The molecule has 0 aliphatic heterocycles. The van der Waals surface area contributed by atoms with E-state index in [1.807, 2.05) is 0 Å². The first-order valence-corrected chi connectivity index (χ1v) is 5.32. The highest BCUT2D eigenvalue weighted by Crippen LogP contribution is 2.36. The van der Waals surface area contributed by atoms with Crippen LogP contribution in [0.25, 0.3) is 0 Å². The lowest BCUT2D eigenvalue weighted by atomic mass is 10.1. The summed E-state index contributed by atoms with van der Waals surface area (Å²) in [6.45, 7) is 2.06. The van der Waals surface area contributed by atoms with Gasteiger partial charge in [0.2, 0.25) is 0 Å². The molecule has 1 aromatic rings. The van der Waals surface area contributed by atoms with Gasteiger partial charge < -0.3 is 0 Å². The third-order valence-electron chi connectivity index (χ3n) is 2.40. The van der Waals surface area contributed by atoms with Crippen molar-refractivity contribution in [3.05, 3.63) is 21.4 Å². The second kappa shape index (κ2) is 3.17. The van der Waals surface area contributed by atoms with Crippen LogP contribution < -0.4 is 0 Å². The number of halogens is 1. The molecule has 0 saturated carbocycles. The molecule has 2 heteroatoms. The van der Waals surface area contributed by atoms with Crippen molar-refractivity contribution in [3.63, 3.8) is 0 Å². The summed E-state index contributed by atoms with van der Waals surface area (Å²) in [6, 6.07) is 2.15. The molecule has 0 nitrogen and oxygen atoms in total. The average Bonchev–Trinajstić information content (AvgIpc) is 2.33. The van der Waals surface area contributed by atoms with Crippen LogP contribution in [0.3, 0.4) is 0 Å². The molecular formula is C10H13FS. The summed E-state index contributed by atoms with van der Waals surface area (Å²) in [5.41, 5.74) is 1.27. The van der Waals surface area contributed by atoms with Crippen LogP contribution >= 0.6 is 11.3 Å². The lowest BCUT2D eigenvalue weighted by molar-refractivity contribution is 0.325. The summed E-state index contributed by atoms with van der Waals surface area (Å²) in [7, 11) is 0. The fourth-order valence-electron chi connectivity index (χ4n) is 1.82. The van der Waals surface area contributed by atoms with Gasteiger partial charge >= 0.3 is 0 Å². The van der Waals surface area contributed by atoms with Crippen molar-refractivity contribution in [1.82, 2.24) is 0 Å². The molecule has 0 amide bonds. The van der Waals surface area contributed by atoms with Crippen molar-refractivity contribution in [3.8, 4) is 0 Å². The topological polar surface area (TPSA) is 0 Å². The Morgan fingerprint density at radius 3 is 3.17 bits per heavy atom. The molecular weight excluding hydrogens is 171 g/mol. The van der Waals surface area contributed by atoms with Crippen molar-refractivity contribution in [2.24, 2.45) is 0 Å². The Labute approximate surface area is 76.4 Å². The van der Waals surface area contributed by atoms with Crippen molar-refractivity contribution < 1.29 is 4.39 Å². The largest absolute Gasteiger partial charge is 0.241 e. The van der Waals surface area contributed by atoms with Gasteiger partial charge in [-0.3, -0.25) is 0 Å². The van der Waals surface area contributed by atoms with Gasteiger partial charge in [-0.15, -0.1) is 11.3 Å². The predicted molar refractivity (Wildman–Crippen MR) is 50.5 cm³/mol. The van der Waals surface area contributed by atoms with Gasteiger partial charge in [-0.2, -0.15) is 0 Å². The van der Waals surface area contributed by atoms with E-state index in [1.165, 1.54) is 10.4 Å². The van der Waals surface area contributed by atoms with Crippen molar-refractivity contribution in [2.75, 3.05) is 0 Å². The van der Waals surface area contributed by atoms with Crippen LogP contribution in [-0.2, 0) is 6.42 Å². The first-order chi connectivity index (χ1) is 5.77. The summed E-state index contributed by atoms with van der Waals surface area (Å²) in [5.74, 6) is 0. The number of hydrogen-bond donors (Lipinski definition) is 0. The van der Waals surface area contributed by atoms with Gasteiger partial charge in [0.15, 0.2) is 0 Å². The Morgan fingerprint density at radius 2 is 2.33 bits per heavy atom. The average molecular weight is 184 g/mol. The summed E-state index contributed by atoms with van der Waals surface area (Å²) in [4.78, 5) is 2.26. The van der Waals surface area contributed by atoms with Crippen LogP contribution in [0, 0.1) is 6.92 Å². The lowest BCUT2D eigenvalue weighted by Gasteiger charge is -2.01. The molecule has 0 N–H and O–H groups in total. The zero-order valence-electron chi connectivity index (χ0n) is 7.27. The minimum atomic E-state index is -0.679. The summed E-state index contributed by atoms with van der Waals surface area (Å²) >= 11 is 1.64. The van der Waals surface area contributed by atoms with Gasteiger partial charge in [0.1, 0.15) is 6.17 Å². The molecule has 0 saturated heterocycles. The molecule has 1 atom stereocenters. The van der Waals surface area contributed by atoms with Gasteiger partial charge in [-0.25, -0.2) is 4.39 Å². The molecule has 1 heterocycles. The highest BCUT2D eigenvalue weighted by atomic mass is 32.1. The Morgan fingerprint density at radius 1 is 1.50 bits per heavy atom. The van der Waals surface area contributed by atoms with Crippen LogP contribution in [0.5, 0.6) is 0 Å². The summed E-state index contributed by atoms with van der Waals surface area (Å²) in [5, 5.41) is 0. The van der Waals surface area contributed by atoms with Gasteiger partial charge in [-0.1, -0.05) is 0 Å². The Bertz CT molecular complexity index is 277. The molecule has 0 aromatic carbocycles. The number of thiophene rings is 1. The normalized spacial score (nSPS) is 23.3. The van der Waals surface area contributed by atoms with Crippen LogP contribution in [0.2, 0.25) is 0 Å². The van der Waals surface area contributed by atoms with E-state index in [0.29, 0.717) is 0 Å². The van der Waals surface area contributed by atoms with Crippen molar-refractivity contribution in [2.45, 2.75) is 38.8 Å². The quantitative estimate of drug-likeness (QED) is 0.538. The fourth-order valence-corrected chi connectivity index (χ4v) is 2.90. The maximum Gasteiger partial charge on any atom is 0.134 e. The Kier molecular flexibility index (Phi) is 2.18. The SMILES string of the molecule is Cc1cc2c(s1)C(F)CCCC2. The summed E-state index contributed by atoms with van der Waals surface area (Å²) in [6.07, 6.45) is 3.33. The molecule has 2 rings (SSSR count). The second-order valence-electron chi connectivity index (χ2n) is 3.46. The second-order valence-corrected chi connectivity index (χ2v) is 4.75. The first kappa shape index (κ1) is 8.24. The Balaban J connectivity index is 2.38. The minimum Gasteiger partial charge on any atom is -0.241 e. The molecule has 0 spiro atoms. The number of hydrogen-bond acceptors (Lipinski definition) is 1. The first-order valence-electron chi connectivity index (χ1n) is 4.50. The molecule has 0 bridgehead atoms. The lowest BCUT2D eigenvalue weighted by Crippen LogP contribution is -1.86. The zero-order valence-corrected chi connectivity index (χ0v) is 8.09. The monoisotopic (exact) mass is 184 g/mol. The van der Waals surface area contributed by atoms with E-state index in [4.69, 9.17) is 0 Å². The van der Waals surface area contributed by atoms with E-state index in [-0.39, 0.29) is 0 Å². The molecule has 0 fully saturated rings. The van der Waals surface area contributed by atoms with Gasteiger partial charge in [-0.05, 0) is 44.2 Å². The number of alkyl halides is 1. The van der Waals surface area contributed by atoms with E-state index in [1.54, 1.807) is 11.3 Å². The Hall–Kier alpha value is -0.370. The van der Waals surface area contributed by atoms with Gasteiger partial charge in [0.05, 0.1) is 0 Å². The predicted octanol–water partition coefficient (Wildman–Crippen LogP) is 3.79. The van der Waals surface area contributed by atoms with E-state index in [0.717, 1.165) is 30.6 Å². The molecule has 0 radical (unpaired) electrons. The van der Waals surface area contributed by atoms with Crippen molar-refractivity contribution in [1.29, 1.82) is 0 Å². The fraction of sp³-hybridized carbons (Fsp3) is 0.600.